The molecule has 1 unspecified atom stereocenters. The number of allylic oxidation sites excluding steroid dienone is 8. The third kappa shape index (κ3) is 30.7. The van der Waals surface area contributed by atoms with Gasteiger partial charge in [-0.1, -0.05) is 146 Å². The molecule has 0 fully saturated rings. The molecule has 4 heteroatoms. The third-order valence-electron chi connectivity index (χ3n) is 7.33. The van der Waals surface area contributed by atoms with Crippen LogP contribution in [0.3, 0.4) is 0 Å². The van der Waals surface area contributed by atoms with E-state index in [1.165, 1.54) is 77.0 Å². The highest BCUT2D eigenvalue weighted by Crippen LogP contribution is 2.14. The maximum absolute atomic E-state index is 12.1. The van der Waals surface area contributed by atoms with Crippen LogP contribution in [0, 0.1) is 0 Å². The average molecular weight is 573 g/mol. The molecule has 0 aliphatic heterocycles. The molecule has 0 aliphatic rings. The summed E-state index contributed by atoms with van der Waals surface area (Å²) in [5, 5.41) is 9.42. The minimum Gasteiger partial charge on any atom is -0.479 e. The first-order valence-corrected chi connectivity index (χ1v) is 17.1. The van der Waals surface area contributed by atoms with Gasteiger partial charge in [0, 0.05) is 6.42 Å². The summed E-state index contributed by atoms with van der Waals surface area (Å²) < 4.78 is 5.27. The molecule has 0 radical (unpaired) electrons. The van der Waals surface area contributed by atoms with Crippen LogP contribution in [0.25, 0.3) is 0 Å². The largest absolute Gasteiger partial charge is 0.479 e. The summed E-state index contributed by atoms with van der Waals surface area (Å²) >= 11 is 0. The van der Waals surface area contributed by atoms with E-state index in [1.807, 2.05) is 0 Å². The van der Waals surface area contributed by atoms with E-state index in [2.05, 4.69) is 62.5 Å². The van der Waals surface area contributed by atoms with Crippen LogP contribution in [0.15, 0.2) is 48.6 Å². The van der Waals surface area contributed by atoms with Gasteiger partial charge in [-0.25, -0.2) is 4.79 Å². The van der Waals surface area contributed by atoms with Gasteiger partial charge < -0.3 is 9.84 Å². The molecule has 1 N–H and O–H groups in total. The number of hydrogen-bond acceptors (Lipinski definition) is 3. The molecule has 4 nitrogen and oxygen atoms in total. The Kier molecular flexibility index (Phi) is 30.8. The highest BCUT2D eigenvalue weighted by atomic mass is 16.6. The maximum Gasteiger partial charge on any atom is 0.345 e. The fourth-order valence-corrected chi connectivity index (χ4v) is 4.71. The average Bonchev–Trinajstić information content (AvgIpc) is 2.96. The summed E-state index contributed by atoms with van der Waals surface area (Å²) in [5.74, 6) is -1.40. The molecule has 0 amide bonds. The molecule has 0 saturated heterocycles. The Morgan fingerprint density at radius 1 is 0.537 bits per heavy atom. The minimum absolute atomic E-state index is 0.302. The van der Waals surface area contributed by atoms with Crippen molar-refractivity contribution < 1.29 is 19.4 Å². The molecule has 236 valence electrons. The second-order valence-corrected chi connectivity index (χ2v) is 11.3. The number of carboxylic acid groups (broad SMARTS) is 1. The summed E-state index contributed by atoms with van der Waals surface area (Å²) in [4.78, 5) is 23.6. The minimum atomic E-state index is -1.02. The van der Waals surface area contributed by atoms with Crippen molar-refractivity contribution >= 4 is 11.9 Å². The van der Waals surface area contributed by atoms with Gasteiger partial charge in [0.1, 0.15) is 0 Å². The van der Waals surface area contributed by atoms with Crippen LogP contribution in [0.4, 0.5) is 0 Å². The van der Waals surface area contributed by atoms with Crippen molar-refractivity contribution in [2.45, 2.75) is 174 Å². The summed E-state index contributed by atoms with van der Waals surface area (Å²) in [6, 6.07) is 0. The molecule has 0 rings (SSSR count). The Morgan fingerprint density at radius 2 is 0.927 bits per heavy atom. The number of unbranched alkanes of at least 4 members (excludes halogenated alkanes) is 16. The number of rotatable bonds is 30. The molecule has 0 aromatic rings. The second kappa shape index (κ2) is 32.4. The van der Waals surface area contributed by atoms with E-state index in [9.17, 15) is 14.7 Å². The predicted molar refractivity (Wildman–Crippen MR) is 176 cm³/mol. The van der Waals surface area contributed by atoms with Gasteiger partial charge in [0.25, 0.3) is 0 Å². The van der Waals surface area contributed by atoms with Gasteiger partial charge in [0.15, 0.2) is 6.10 Å². The quantitative estimate of drug-likeness (QED) is 0.0528. The maximum atomic E-state index is 12.1. The molecule has 0 spiro atoms. The molecule has 0 aromatic carbocycles. The van der Waals surface area contributed by atoms with Crippen molar-refractivity contribution in [3.8, 4) is 0 Å². The van der Waals surface area contributed by atoms with Gasteiger partial charge in [0.05, 0.1) is 0 Å². The standard InChI is InChI=1S/C37H64O4/c1-3-5-7-9-11-13-15-16-17-18-19-20-21-22-24-26-28-30-32-34-36(38)41-35(37(39)40)33-31-29-27-25-23-14-12-10-8-6-4-2/h11,13,16-17,19-20,22,24,35H,3-10,12,14-15,18,21,23,25-34H2,1-2H3,(H,39,40)/b13-11-,17-16-,20-19-,24-22-. The highest BCUT2D eigenvalue weighted by molar-refractivity contribution is 5.77. The first-order chi connectivity index (χ1) is 20.1. The molecule has 0 heterocycles. The number of carboxylic acids is 1. The molecular weight excluding hydrogens is 508 g/mol. The van der Waals surface area contributed by atoms with Crippen molar-refractivity contribution in [1.82, 2.24) is 0 Å². The van der Waals surface area contributed by atoms with Crippen LogP contribution in [0.2, 0.25) is 0 Å². The zero-order valence-corrected chi connectivity index (χ0v) is 26.8. The summed E-state index contributed by atoms with van der Waals surface area (Å²) in [6.07, 6.45) is 42.8. The molecule has 0 aliphatic carbocycles. The number of esters is 1. The first-order valence-electron chi connectivity index (χ1n) is 17.1. The molecule has 0 bridgehead atoms. The van der Waals surface area contributed by atoms with Crippen LogP contribution in [-0.4, -0.2) is 23.1 Å². The van der Waals surface area contributed by atoms with Crippen LogP contribution >= 0.6 is 0 Å². The second-order valence-electron chi connectivity index (χ2n) is 11.3. The number of aliphatic carboxylic acids is 1. The van der Waals surface area contributed by atoms with Gasteiger partial charge in [-0.2, -0.15) is 0 Å². The lowest BCUT2D eigenvalue weighted by atomic mass is 10.0. The van der Waals surface area contributed by atoms with Crippen LogP contribution in [-0.2, 0) is 14.3 Å². The van der Waals surface area contributed by atoms with E-state index in [4.69, 9.17) is 4.74 Å². The van der Waals surface area contributed by atoms with Crippen molar-refractivity contribution in [3.63, 3.8) is 0 Å². The number of ether oxygens (including phenoxy) is 1. The zero-order chi connectivity index (χ0) is 30.1. The SMILES string of the molecule is CCCCC/C=C\C/C=C\C/C=C\C/C=C\CCCCCC(=O)OC(CCCCCCCCCCCCC)C(=O)O. The van der Waals surface area contributed by atoms with E-state index in [1.54, 1.807) is 0 Å². The molecule has 41 heavy (non-hydrogen) atoms. The number of carbonyl (C=O) groups excluding carboxylic acids is 1. The van der Waals surface area contributed by atoms with Gasteiger partial charge in [-0.05, 0) is 64.2 Å². The normalized spacial score (nSPS) is 12.8. The Balaban J connectivity index is 3.69. The lowest BCUT2D eigenvalue weighted by Gasteiger charge is -2.13. The van der Waals surface area contributed by atoms with Crippen LogP contribution < -0.4 is 0 Å². The van der Waals surface area contributed by atoms with Crippen molar-refractivity contribution in [3.05, 3.63) is 48.6 Å². The van der Waals surface area contributed by atoms with E-state index in [0.29, 0.717) is 12.8 Å². The molecule has 0 saturated carbocycles. The van der Waals surface area contributed by atoms with Crippen molar-refractivity contribution in [2.75, 3.05) is 0 Å². The van der Waals surface area contributed by atoms with Crippen molar-refractivity contribution in [2.24, 2.45) is 0 Å². The van der Waals surface area contributed by atoms with Gasteiger partial charge in [-0.3, -0.25) is 4.79 Å². The van der Waals surface area contributed by atoms with E-state index in [-0.39, 0.29) is 5.97 Å². The summed E-state index contributed by atoms with van der Waals surface area (Å²) in [7, 11) is 0. The van der Waals surface area contributed by atoms with Crippen LogP contribution in [0.1, 0.15) is 168 Å². The summed E-state index contributed by atoms with van der Waals surface area (Å²) in [5.41, 5.74) is 0. The number of hydrogen-bond donors (Lipinski definition) is 1. The summed E-state index contributed by atoms with van der Waals surface area (Å²) in [6.45, 7) is 4.48. The van der Waals surface area contributed by atoms with E-state index < -0.39 is 12.1 Å². The topological polar surface area (TPSA) is 63.6 Å². The zero-order valence-electron chi connectivity index (χ0n) is 26.8. The molecule has 1 atom stereocenters. The van der Waals surface area contributed by atoms with E-state index in [0.717, 1.165) is 64.2 Å². The first kappa shape index (κ1) is 38.9. The van der Waals surface area contributed by atoms with Gasteiger partial charge in [-0.15, -0.1) is 0 Å². The third-order valence-corrected chi connectivity index (χ3v) is 7.33. The lowest BCUT2D eigenvalue weighted by molar-refractivity contribution is -0.164. The Labute approximate surface area is 253 Å². The predicted octanol–water partition coefficient (Wildman–Crippen LogP) is 11.6. The Bertz CT molecular complexity index is 704. The van der Waals surface area contributed by atoms with Gasteiger partial charge in [0.2, 0.25) is 0 Å². The fourth-order valence-electron chi connectivity index (χ4n) is 4.71. The number of carbonyl (C=O) groups is 2. The van der Waals surface area contributed by atoms with E-state index >= 15 is 0 Å². The monoisotopic (exact) mass is 572 g/mol. The highest BCUT2D eigenvalue weighted by Gasteiger charge is 2.21. The van der Waals surface area contributed by atoms with Gasteiger partial charge >= 0.3 is 11.9 Å². The Hall–Kier alpha value is -2.10. The molecule has 0 aromatic heterocycles. The Morgan fingerprint density at radius 3 is 1.41 bits per heavy atom. The lowest BCUT2D eigenvalue weighted by Crippen LogP contribution is -2.27. The van der Waals surface area contributed by atoms with Crippen LogP contribution in [0.5, 0.6) is 0 Å². The molecular formula is C37H64O4. The smallest absolute Gasteiger partial charge is 0.345 e. The van der Waals surface area contributed by atoms with Crippen molar-refractivity contribution in [1.29, 1.82) is 0 Å². The fraction of sp³-hybridized carbons (Fsp3) is 0.730.